The van der Waals surface area contributed by atoms with Crippen LogP contribution in [0, 0.1) is 11.8 Å². The van der Waals surface area contributed by atoms with Crippen LogP contribution in [0.2, 0.25) is 0 Å². The first-order chi connectivity index (χ1) is 15.7. The highest BCUT2D eigenvalue weighted by molar-refractivity contribution is 5.99. The highest BCUT2D eigenvalue weighted by Gasteiger charge is 2.43. The van der Waals surface area contributed by atoms with E-state index in [0.717, 1.165) is 67.3 Å². The summed E-state index contributed by atoms with van der Waals surface area (Å²) in [5, 5.41) is 3.93. The number of amides is 1. The number of ether oxygens (including phenoxy) is 3. The summed E-state index contributed by atoms with van der Waals surface area (Å²) in [4.78, 5) is 23.0. The summed E-state index contributed by atoms with van der Waals surface area (Å²) in [5.74, 6) is 2.54. The fourth-order valence-corrected chi connectivity index (χ4v) is 4.50. The Bertz CT molecular complexity index is 1100. The molecule has 3 heterocycles. The monoisotopic (exact) mass is 436 g/mol. The number of carbonyl (C=O) groups is 1. The van der Waals surface area contributed by atoms with Gasteiger partial charge in [-0.1, -0.05) is 6.07 Å². The molecule has 1 saturated carbocycles. The van der Waals surface area contributed by atoms with Gasteiger partial charge in [0.05, 0.1) is 33.0 Å². The van der Waals surface area contributed by atoms with E-state index in [1.54, 1.807) is 14.2 Å². The summed E-state index contributed by atoms with van der Waals surface area (Å²) in [6.45, 7) is 4.44. The van der Waals surface area contributed by atoms with E-state index in [1.807, 2.05) is 36.5 Å². The average Bonchev–Trinajstić information content (AvgIpc) is 3.47. The Labute approximate surface area is 186 Å². The van der Waals surface area contributed by atoms with Gasteiger partial charge in [0, 0.05) is 42.7 Å². The Morgan fingerprint density at radius 3 is 2.66 bits per heavy atom. The number of pyridine rings is 1. The van der Waals surface area contributed by atoms with Crippen LogP contribution in [-0.4, -0.2) is 67.8 Å². The Morgan fingerprint density at radius 1 is 1.19 bits per heavy atom. The number of methoxy groups -OCH3 is 2. The Hall–Kier alpha value is -3.10. The van der Waals surface area contributed by atoms with E-state index in [-0.39, 0.29) is 11.8 Å². The first kappa shape index (κ1) is 20.8. The predicted molar refractivity (Wildman–Crippen MR) is 122 cm³/mol. The third kappa shape index (κ3) is 4.03. The standard InChI is InChI=1S/C24H28N4O4/c1-30-19-4-3-5-20(31-2)22(19)18-13-25-23-16(18)6-7-21(26-23)27-24(29)17-12-15(17)14-28-8-10-32-11-9-28/h3-7,13,15,17H,8-12,14H2,1-2H3,(H2,25,26,27,29)/t15-,17+/m0/s1. The quantitative estimate of drug-likeness (QED) is 0.592. The summed E-state index contributed by atoms with van der Waals surface area (Å²) in [6.07, 6.45) is 2.83. The van der Waals surface area contributed by atoms with Crippen molar-refractivity contribution in [3.63, 3.8) is 0 Å². The van der Waals surface area contributed by atoms with Crippen molar-refractivity contribution in [2.24, 2.45) is 11.8 Å². The number of nitrogens with zero attached hydrogens (tertiary/aromatic N) is 2. The molecule has 0 radical (unpaired) electrons. The van der Waals surface area contributed by atoms with Crippen molar-refractivity contribution in [3.05, 3.63) is 36.5 Å². The maximum absolute atomic E-state index is 12.7. The van der Waals surface area contributed by atoms with Gasteiger partial charge in [-0.15, -0.1) is 0 Å². The van der Waals surface area contributed by atoms with Gasteiger partial charge in [0.1, 0.15) is 23.0 Å². The van der Waals surface area contributed by atoms with E-state index in [9.17, 15) is 4.79 Å². The number of nitrogens with one attached hydrogen (secondary N) is 2. The van der Waals surface area contributed by atoms with Crippen LogP contribution < -0.4 is 14.8 Å². The number of morpholine rings is 1. The fraction of sp³-hybridized carbons (Fsp3) is 0.417. The molecule has 1 aliphatic heterocycles. The van der Waals surface area contributed by atoms with Crippen LogP contribution in [-0.2, 0) is 9.53 Å². The SMILES string of the molecule is COc1cccc(OC)c1-c1c[nH]c2nc(NC(=O)[C@@H]3C[C@H]3CN3CCOCC3)ccc12. The number of fused-ring (bicyclic) bond motifs is 1. The van der Waals surface area contributed by atoms with Crippen molar-refractivity contribution in [1.29, 1.82) is 0 Å². The molecule has 2 N–H and O–H groups in total. The lowest BCUT2D eigenvalue weighted by Gasteiger charge is -2.26. The van der Waals surface area contributed by atoms with E-state index < -0.39 is 0 Å². The van der Waals surface area contributed by atoms with Gasteiger partial charge in [-0.25, -0.2) is 4.98 Å². The number of aromatic nitrogens is 2. The zero-order chi connectivity index (χ0) is 22.1. The van der Waals surface area contributed by atoms with Gasteiger partial charge in [0.15, 0.2) is 0 Å². The van der Waals surface area contributed by atoms with E-state index >= 15 is 0 Å². The Morgan fingerprint density at radius 2 is 1.94 bits per heavy atom. The van der Waals surface area contributed by atoms with Gasteiger partial charge in [-0.05, 0) is 36.6 Å². The zero-order valence-corrected chi connectivity index (χ0v) is 18.4. The topological polar surface area (TPSA) is 88.7 Å². The van der Waals surface area contributed by atoms with Crippen molar-refractivity contribution >= 4 is 22.8 Å². The number of benzene rings is 1. The molecular formula is C24H28N4O4. The first-order valence-corrected chi connectivity index (χ1v) is 11.0. The summed E-state index contributed by atoms with van der Waals surface area (Å²) in [5.41, 5.74) is 2.50. The molecule has 8 heteroatoms. The zero-order valence-electron chi connectivity index (χ0n) is 18.4. The number of hydrogen-bond acceptors (Lipinski definition) is 6. The molecule has 3 aromatic rings. The number of anilines is 1. The number of rotatable bonds is 7. The van der Waals surface area contributed by atoms with E-state index in [1.165, 1.54) is 0 Å². The van der Waals surface area contributed by atoms with Crippen LogP contribution in [0.5, 0.6) is 11.5 Å². The largest absolute Gasteiger partial charge is 0.496 e. The molecule has 32 heavy (non-hydrogen) atoms. The van der Waals surface area contributed by atoms with Gasteiger partial charge in [0.2, 0.25) is 5.91 Å². The number of hydrogen-bond donors (Lipinski definition) is 2. The Kier molecular flexibility index (Phi) is 5.71. The minimum Gasteiger partial charge on any atom is -0.496 e. The normalized spacial score (nSPS) is 20.8. The van der Waals surface area contributed by atoms with Crippen LogP contribution in [0.3, 0.4) is 0 Å². The third-order valence-electron chi connectivity index (χ3n) is 6.34. The van der Waals surface area contributed by atoms with Crippen molar-refractivity contribution in [3.8, 4) is 22.6 Å². The van der Waals surface area contributed by atoms with Crippen LogP contribution in [0.15, 0.2) is 36.5 Å². The molecular weight excluding hydrogens is 408 g/mol. The third-order valence-corrected chi connectivity index (χ3v) is 6.34. The second kappa shape index (κ2) is 8.80. The molecule has 8 nitrogen and oxygen atoms in total. The van der Waals surface area contributed by atoms with Gasteiger partial charge in [-0.2, -0.15) is 0 Å². The lowest BCUT2D eigenvalue weighted by Crippen LogP contribution is -2.38. The highest BCUT2D eigenvalue weighted by atomic mass is 16.5. The van der Waals surface area contributed by atoms with Crippen LogP contribution >= 0.6 is 0 Å². The minimum absolute atomic E-state index is 0.0493. The molecule has 5 rings (SSSR count). The van der Waals surface area contributed by atoms with Gasteiger partial charge in [-0.3, -0.25) is 9.69 Å². The molecule has 0 spiro atoms. The number of H-pyrrole nitrogens is 1. The molecule has 0 unspecified atom stereocenters. The van der Waals surface area contributed by atoms with E-state index in [2.05, 4.69) is 20.2 Å². The van der Waals surface area contributed by atoms with Gasteiger partial charge in [0.25, 0.3) is 0 Å². The molecule has 2 aromatic heterocycles. The maximum Gasteiger partial charge on any atom is 0.228 e. The molecule has 2 fully saturated rings. The van der Waals surface area contributed by atoms with Crippen molar-refractivity contribution in [1.82, 2.24) is 14.9 Å². The highest BCUT2D eigenvalue weighted by Crippen LogP contribution is 2.42. The second-order valence-corrected chi connectivity index (χ2v) is 8.34. The smallest absolute Gasteiger partial charge is 0.228 e. The molecule has 168 valence electrons. The van der Waals surface area contributed by atoms with Gasteiger partial charge < -0.3 is 24.5 Å². The van der Waals surface area contributed by atoms with E-state index in [4.69, 9.17) is 14.2 Å². The molecule has 1 amide bonds. The molecule has 1 aliphatic carbocycles. The van der Waals surface area contributed by atoms with Crippen molar-refractivity contribution in [2.75, 3.05) is 52.4 Å². The number of carbonyl (C=O) groups excluding carboxylic acids is 1. The maximum atomic E-state index is 12.7. The molecule has 0 bridgehead atoms. The average molecular weight is 437 g/mol. The van der Waals surface area contributed by atoms with Crippen LogP contribution in [0.4, 0.5) is 5.82 Å². The van der Waals surface area contributed by atoms with Crippen LogP contribution in [0.1, 0.15) is 6.42 Å². The summed E-state index contributed by atoms with van der Waals surface area (Å²) >= 11 is 0. The minimum atomic E-state index is 0.0493. The molecule has 2 aliphatic rings. The molecule has 2 atom stereocenters. The second-order valence-electron chi connectivity index (χ2n) is 8.34. The molecule has 1 aromatic carbocycles. The van der Waals surface area contributed by atoms with Crippen molar-refractivity contribution in [2.45, 2.75) is 6.42 Å². The first-order valence-electron chi connectivity index (χ1n) is 11.0. The van der Waals surface area contributed by atoms with E-state index in [0.29, 0.717) is 17.4 Å². The van der Waals surface area contributed by atoms with Gasteiger partial charge >= 0.3 is 0 Å². The summed E-state index contributed by atoms with van der Waals surface area (Å²) < 4.78 is 16.5. The van der Waals surface area contributed by atoms with Crippen LogP contribution in [0.25, 0.3) is 22.2 Å². The summed E-state index contributed by atoms with van der Waals surface area (Å²) in [7, 11) is 3.28. The number of aromatic amines is 1. The predicted octanol–water partition coefficient (Wildman–Crippen LogP) is 3.15. The van der Waals surface area contributed by atoms with Crippen molar-refractivity contribution < 1.29 is 19.0 Å². The fourth-order valence-electron chi connectivity index (χ4n) is 4.50. The lowest BCUT2D eigenvalue weighted by atomic mass is 10.0. The Balaban J connectivity index is 1.30. The molecule has 1 saturated heterocycles. The lowest BCUT2D eigenvalue weighted by molar-refractivity contribution is -0.117. The summed E-state index contributed by atoms with van der Waals surface area (Å²) in [6, 6.07) is 9.52.